The molecule has 0 radical (unpaired) electrons. The fourth-order valence-electron chi connectivity index (χ4n) is 1.41. The maximum Gasteiger partial charge on any atom is 0.0247 e. The molecule has 0 aliphatic heterocycles. The van der Waals surface area contributed by atoms with Crippen LogP contribution >= 0.6 is 31.9 Å². The molecule has 0 bridgehead atoms. The second-order valence-corrected chi connectivity index (χ2v) is 5.18. The average Bonchev–Trinajstić information content (AvgIpc) is 2.28. The van der Waals surface area contributed by atoms with Gasteiger partial charge >= 0.3 is 0 Å². The van der Waals surface area contributed by atoms with E-state index in [9.17, 15) is 0 Å². The van der Waals surface area contributed by atoms with Gasteiger partial charge in [0.25, 0.3) is 0 Å². The van der Waals surface area contributed by atoms with Crippen molar-refractivity contribution in [2.45, 2.75) is 0 Å². The van der Waals surface area contributed by atoms with Crippen molar-refractivity contribution in [3.63, 3.8) is 0 Å². The summed E-state index contributed by atoms with van der Waals surface area (Å²) < 4.78 is 2.21. The van der Waals surface area contributed by atoms with Crippen LogP contribution in [0.25, 0.3) is 12.2 Å². The van der Waals surface area contributed by atoms with Crippen LogP contribution in [-0.4, -0.2) is 0 Å². The van der Waals surface area contributed by atoms with Crippen molar-refractivity contribution >= 4 is 44.0 Å². The van der Waals surface area contributed by atoms with Gasteiger partial charge in [0.1, 0.15) is 0 Å². The van der Waals surface area contributed by atoms with Crippen molar-refractivity contribution in [3.05, 3.63) is 68.6 Å². The Kier molecular flexibility index (Phi) is 3.97. The molecule has 0 fully saturated rings. The molecule has 0 saturated carbocycles. The zero-order chi connectivity index (χ0) is 11.4. The van der Waals surface area contributed by atoms with E-state index in [1.165, 1.54) is 11.1 Å². The summed E-state index contributed by atoms with van der Waals surface area (Å²) in [6.45, 7) is 0. The largest absolute Gasteiger partial charge is 0.0616 e. The van der Waals surface area contributed by atoms with Crippen LogP contribution in [0.4, 0.5) is 0 Å². The van der Waals surface area contributed by atoms with Gasteiger partial charge in [-0.25, -0.2) is 0 Å². The maximum atomic E-state index is 3.52. The standard InChI is InChI=1S/C14H10Br2/c15-13-6-3-4-11(10-13)8-9-12-5-1-2-7-14(12)16/h1-10H/b9-8-. The second kappa shape index (κ2) is 5.46. The van der Waals surface area contributed by atoms with E-state index in [1.54, 1.807) is 0 Å². The zero-order valence-corrected chi connectivity index (χ0v) is 11.7. The van der Waals surface area contributed by atoms with E-state index in [-0.39, 0.29) is 0 Å². The number of rotatable bonds is 2. The zero-order valence-electron chi connectivity index (χ0n) is 8.53. The number of hydrogen-bond acceptors (Lipinski definition) is 0. The van der Waals surface area contributed by atoms with Gasteiger partial charge in [-0.2, -0.15) is 0 Å². The van der Waals surface area contributed by atoms with Crippen molar-refractivity contribution < 1.29 is 0 Å². The van der Waals surface area contributed by atoms with Crippen LogP contribution in [0.2, 0.25) is 0 Å². The molecule has 2 aromatic carbocycles. The normalized spacial score (nSPS) is 10.9. The molecule has 0 N–H and O–H groups in total. The van der Waals surface area contributed by atoms with Crippen LogP contribution in [0.3, 0.4) is 0 Å². The predicted octanol–water partition coefficient (Wildman–Crippen LogP) is 5.38. The van der Waals surface area contributed by atoms with E-state index in [4.69, 9.17) is 0 Å². The molecule has 16 heavy (non-hydrogen) atoms. The third-order valence-corrected chi connectivity index (χ3v) is 3.42. The lowest BCUT2D eigenvalue weighted by Gasteiger charge is -1.98. The Labute approximate surface area is 112 Å². The van der Waals surface area contributed by atoms with E-state index >= 15 is 0 Å². The van der Waals surface area contributed by atoms with Crippen molar-refractivity contribution in [1.82, 2.24) is 0 Å². The van der Waals surface area contributed by atoms with E-state index in [2.05, 4.69) is 62.2 Å². The first kappa shape index (κ1) is 11.6. The van der Waals surface area contributed by atoms with E-state index in [1.807, 2.05) is 30.3 Å². The molecule has 0 aliphatic rings. The minimum atomic E-state index is 1.10. The number of benzene rings is 2. The smallest absolute Gasteiger partial charge is 0.0247 e. The minimum absolute atomic E-state index is 1.10. The molecular weight excluding hydrogens is 328 g/mol. The van der Waals surface area contributed by atoms with Crippen molar-refractivity contribution in [2.75, 3.05) is 0 Å². The molecule has 80 valence electrons. The summed E-state index contributed by atoms with van der Waals surface area (Å²) in [6.07, 6.45) is 4.21. The summed E-state index contributed by atoms with van der Waals surface area (Å²) in [6, 6.07) is 16.4. The highest BCUT2D eigenvalue weighted by Crippen LogP contribution is 2.19. The van der Waals surface area contributed by atoms with Gasteiger partial charge in [-0.05, 0) is 29.3 Å². The highest BCUT2D eigenvalue weighted by molar-refractivity contribution is 9.10. The maximum absolute atomic E-state index is 3.52. The molecule has 2 aromatic rings. The molecule has 0 atom stereocenters. The number of hydrogen-bond donors (Lipinski definition) is 0. The molecule has 0 aromatic heterocycles. The van der Waals surface area contributed by atoms with Gasteiger partial charge in [-0.15, -0.1) is 0 Å². The highest BCUT2D eigenvalue weighted by atomic mass is 79.9. The monoisotopic (exact) mass is 336 g/mol. The van der Waals surface area contributed by atoms with Crippen LogP contribution in [0.15, 0.2) is 57.5 Å². The minimum Gasteiger partial charge on any atom is -0.0616 e. The quantitative estimate of drug-likeness (QED) is 0.645. The molecular formula is C14H10Br2. The lowest BCUT2D eigenvalue weighted by Crippen LogP contribution is -1.75. The first-order valence-corrected chi connectivity index (χ1v) is 6.52. The van der Waals surface area contributed by atoms with Gasteiger partial charge in [0.15, 0.2) is 0 Å². The van der Waals surface area contributed by atoms with E-state index < -0.39 is 0 Å². The Hall–Kier alpha value is -0.860. The molecule has 0 amide bonds. The highest BCUT2D eigenvalue weighted by Gasteiger charge is 1.93. The molecule has 0 heterocycles. The Morgan fingerprint density at radius 2 is 1.62 bits per heavy atom. The molecule has 0 spiro atoms. The summed E-state index contributed by atoms with van der Waals surface area (Å²) in [5, 5.41) is 0. The van der Waals surface area contributed by atoms with Gasteiger partial charge in [-0.3, -0.25) is 0 Å². The Morgan fingerprint density at radius 3 is 2.38 bits per heavy atom. The van der Waals surface area contributed by atoms with E-state index in [0.29, 0.717) is 0 Å². The third-order valence-electron chi connectivity index (χ3n) is 2.21. The fourth-order valence-corrected chi connectivity index (χ4v) is 2.24. The third kappa shape index (κ3) is 3.06. The topological polar surface area (TPSA) is 0 Å². The molecule has 0 aliphatic carbocycles. The molecule has 2 rings (SSSR count). The Morgan fingerprint density at radius 1 is 0.812 bits per heavy atom. The number of halogens is 2. The predicted molar refractivity (Wildman–Crippen MR) is 77.2 cm³/mol. The van der Waals surface area contributed by atoms with Crippen molar-refractivity contribution in [1.29, 1.82) is 0 Å². The SMILES string of the molecule is Brc1cccc(/C=C\c2ccccc2Br)c1. The van der Waals surface area contributed by atoms with Gasteiger partial charge < -0.3 is 0 Å². The summed E-state index contributed by atoms with van der Waals surface area (Å²) in [5.41, 5.74) is 2.37. The van der Waals surface area contributed by atoms with Crippen LogP contribution in [0, 0.1) is 0 Å². The van der Waals surface area contributed by atoms with Crippen molar-refractivity contribution in [2.24, 2.45) is 0 Å². The molecule has 0 saturated heterocycles. The van der Waals surface area contributed by atoms with Gasteiger partial charge in [0.05, 0.1) is 0 Å². The van der Waals surface area contributed by atoms with Gasteiger partial charge in [0.2, 0.25) is 0 Å². The fraction of sp³-hybridized carbons (Fsp3) is 0. The van der Waals surface area contributed by atoms with Crippen LogP contribution in [0.5, 0.6) is 0 Å². The summed E-state index contributed by atoms with van der Waals surface area (Å²) in [5.74, 6) is 0. The molecule has 0 nitrogen and oxygen atoms in total. The first-order valence-electron chi connectivity index (χ1n) is 4.94. The van der Waals surface area contributed by atoms with Gasteiger partial charge in [0, 0.05) is 8.95 Å². The van der Waals surface area contributed by atoms with Gasteiger partial charge in [-0.1, -0.05) is 74.3 Å². The van der Waals surface area contributed by atoms with Crippen LogP contribution < -0.4 is 0 Å². The van der Waals surface area contributed by atoms with Crippen LogP contribution in [0.1, 0.15) is 11.1 Å². The summed E-state index contributed by atoms with van der Waals surface area (Å²) >= 11 is 6.98. The molecule has 2 heteroatoms. The van der Waals surface area contributed by atoms with Crippen LogP contribution in [-0.2, 0) is 0 Å². The Bertz CT molecular complexity index is 516. The lowest BCUT2D eigenvalue weighted by atomic mass is 10.1. The van der Waals surface area contributed by atoms with E-state index in [0.717, 1.165) is 8.95 Å². The summed E-state index contributed by atoms with van der Waals surface area (Å²) in [7, 11) is 0. The summed E-state index contributed by atoms with van der Waals surface area (Å²) in [4.78, 5) is 0. The van der Waals surface area contributed by atoms with Crippen molar-refractivity contribution in [3.8, 4) is 0 Å². The Balaban J connectivity index is 2.25. The average molecular weight is 338 g/mol. The first-order chi connectivity index (χ1) is 7.75. The second-order valence-electron chi connectivity index (χ2n) is 3.41. The molecule has 0 unspecified atom stereocenters. The lowest BCUT2D eigenvalue weighted by molar-refractivity contribution is 1.59.